The Hall–Kier alpha value is -1.97. The number of hydrogen-bond acceptors (Lipinski definition) is 2. The monoisotopic (exact) mass is 271 g/mol. The number of hydrogen-bond donors (Lipinski definition) is 0. The lowest BCUT2D eigenvalue weighted by atomic mass is 9.85. The molecule has 4 heteroatoms. The third kappa shape index (κ3) is 1.34. The number of amides is 2. The van der Waals surface area contributed by atoms with Crippen LogP contribution in [0.5, 0.6) is 0 Å². The van der Waals surface area contributed by atoms with Crippen LogP contribution in [-0.4, -0.2) is 11.8 Å². The van der Waals surface area contributed by atoms with E-state index in [0.717, 1.165) is 12.0 Å². The van der Waals surface area contributed by atoms with Crippen LogP contribution < -0.4 is 4.90 Å². The first-order valence-corrected chi connectivity index (χ1v) is 6.90. The summed E-state index contributed by atoms with van der Waals surface area (Å²) in [7, 11) is 0. The molecule has 1 aliphatic heterocycles. The molecule has 2 aliphatic carbocycles. The minimum atomic E-state index is -0.427. The number of rotatable bonds is 1. The van der Waals surface area contributed by atoms with Gasteiger partial charge in [-0.3, -0.25) is 9.59 Å². The minimum absolute atomic E-state index is 0.162. The van der Waals surface area contributed by atoms with E-state index in [1.54, 1.807) is 13.0 Å². The quantitative estimate of drug-likeness (QED) is 0.581. The Morgan fingerprint density at radius 3 is 2.30 bits per heavy atom. The summed E-state index contributed by atoms with van der Waals surface area (Å²) in [4.78, 5) is 26.4. The normalized spacial score (nSPS) is 34.2. The van der Waals surface area contributed by atoms with E-state index in [9.17, 15) is 14.0 Å². The van der Waals surface area contributed by atoms with Gasteiger partial charge in [-0.1, -0.05) is 18.2 Å². The van der Waals surface area contributed by atoms with Crippen LogP contribution in [0, 0.1) is 36.4 Å². The van der Waals surface area contributed by atoms with Gasteiger partial charge in [-0.2, -0.15) is 0 Å². The van der Waals surface area contributed by atoms with E-state index in [-0.39, 0.29) is 35.5 Å². The average Bonchev–Trinajstić information content (AvgIpc) is 3.08. The second-order valence-electron chi connectivity index (χ2n) is 5.94. The highest BCUT2D eigenvalue weighted by molar-refractivity contribution is 6.23. The fourth-order valence-electron chi connectivity index (χ4n) is 3.96. The van der Waals surface area contributed by atoms with E-state index in [1.165, 1.54) is 17.0 Å². The molecule has 2 fully saturated rings. The molecule has 4 atom stereocenters. The number of nitrogens with zero attached hydrogens (tertiary/aromatic N) is 1. The number of allylic oxidation sites excluding steroid dienone is 2. The predicted molar refractivity (Wildman–Crippen MR) is 71.3 cm³/mol. The van der Waals surface area contributed by atoms with Crippen LogP contribution in [0.2, 0.25) is 0 Å². The number of benzene rings is 1. The van der Waals surface area contributed by atoms with Gasteiger partial charge in [0.05, 0.1) is 17.5 Å². The molecule has 2 bridgehead atoms. The third-order valence-corrected chi connectivity index (χ3v) is 4.88. The number of carbonyl (C=O) groups is 2. The first-order valence-electron chi connectivity index (χ1n) is 6.90. The van der Waals surface area contributed by atoms with E-state index in [4.69, 9.17) is 0 Å². The molecular weight excluding hydrogens is 257 g/mol. The summed E-state index contributed by atoms with van der Waals surface area (Å²) < 4.78 is 13.4. The molecule has 102 valence electrons. The molecule has 4 rings (SSSR count). The Labute approximate surface area is 116 Å². The van der Waals surface area contributed by atoms with Crippen molar-refractivity contribution in [2.24, 2.45) is 23.7 Å². The van der Waals surface area contributed by atoms with Crippen molar-refractivity contribution in [3.05, 3.63) is 41.7 Å². The molecule has 0 unspecified atom stereocenters. The smallest absolute Gasteiger partial charge is 0.238 e. The van der Waals surface area contributed by atoms with Crippen molar-refractivity contribution in [3.8, 4) is 0 Å². The topological polar surface area (TPSA) is 37.4 Å². The number of carbonyl (C=O) groups excluding carboxylic acids is 2. The van der Waals surface area contributed by atoms with Gasteiger partial charge < -0.3 is 0 Å². The van der Waals surface area contributed by atoms with Crippen LogP contribution in [0.3, 0.4) is 0 Å². The van der Waals surface area contributed by atoms with Crippen molar-refractivity contribution in [2.45, 2.75) is 13.3 Å². The SMILES string of the molecule is Cc1ccc(F)cc1N1C(=O)[C@@H]2[C@@H](C1=O)[C@H]1C=C[C@H]2C1. The van der Waals surface area contributed by atoms with Crippen molar-refractivity contribution in [2.75, 3.05) is 4.90 Å². The van der Waals surface area contributed by atoms with Gasteiger partial charge in [0, 0.05) is 0 Å². The van der Waals surface area contributed by atoms with Gasteiger partial charge in [-0.15, -0.1) is 0 Å². The standard InChI is InChI=1S/C16H14FNO2/c1-8-2-5-11(17)7-12(8)18-15(19)13-9-3-4-10(6-9)14(13)16(18)20/h2-5,7,9-10,13-14H,6H2,1H3/t9-,10-,13-,14-/m0/s1. The number of imide groups is 1. The molecule has 0 spiro atoms. The maximum Gasteiger partial charge on any atom is 0.238 e. The zero-order valence-corrected chi connectivity index (χ0v) is 11.0. The molecule has 1 saturated heterocycles. The summed E-state index contributed by atoms with van der Waals surface area (Å²) in [6, 6.07) is 4.23. The number of aryl methyl sites for hydroxylation is 1. The second kappa shape index (κ2) is 3.78. The lowest BCUT2D eigenvalue weighted by molar-refractivity contribution is -0.123. The van der Waals surface area contributed by atoms with Gasteiger partial charge in [0.2, 0.25) is 11.8 Å². The van der Waals surface area contributed by atoms with E-state index in [2.05, 4.69) is 12.2 Å². The van der Waals surface area contributed by atoms with E-state index >= 15 is 0 Å². The van der Waals surface area contributed by atoms with Crippen molar-refractivity contribution >= 4 is 17.5 Å². The zero-order valence-electron chi connectivity index (χ0n) is 11.0. The summed E-state index contributed by atoms with van der Waals surface area (Å²) in [5, 5.41) is 0. The van der Waals surface area contributed by atoms with Crippen molar-refractivity contribution in [1.82, 2.24) is 0 Å². The predicted octanol–water partition coefficient (Wildman–Crippen LogP) is 2.45. The maximum absolute atomic E-state index is 13.4. The summed E-state index contributed by atoms with van der Waals surface area (Å²) in [5.41, 5.74) is 1.14. The van der Waals surface area contributed by atoms with Crippen LogP contribution in [0.4, 0.5) is 10.1 Å². The summed E-state index contributed by atoms with van der Waals surface area (Å²) in [6.07, 6.45) is 5.01. The largest absolute Gasteiger partial charge is 0.274 e. The molecule has 3 nitrogen and oxygen atoms in total. The highest BCUT2D eigenvalue weighted by atomic mass is 19.1. The van der Waals surface area contributed by atoms with Crippen LogP contribution >= 0.6 is 0 Å². The molecule has 0 aromatic heterocycles. The van der Waals surface area contributed by atoms with E-state index in [1.807, 2.05) is 0 Å². The van der Waals surface area contributed by atoms with Crippen LogP contribution in [0.15, 0.2) is 30.4 Å². The molecule has 2 amide bonds. The second-order valence-corrected chi connectivity index (χ2v) is 5.94. The van der Waals surface area contributed by atoms with Crippen LogP contribution in [-0.2, 0) is 9.59 Å². The molecule has 1 aromatic rings. The van der Waals surface area contributed by atoms with Gasteiger partial charge in [0.15, 0.2) is 0 Å². The molecule has 1 aromatic carbocycles. The first-order chi connectivity index (χ1) is 9.58. The lowest BCUT2D eigenvalue weighted by Crippen LogP contribution is -2.33. The summed E-state index contributed by atoms with van der Waals surface area (Å²) in [5.74, 6) is -0.860. The molecule has 0 radical (unpaired) electrons. The Morgan fingerprint density at radius 1 is 1.10 bits per heavy atom. The van der Waals surface area contributed by atoms with Gasteiger partial charge in [0.1, 0.15) is 5.82 Å². The molecular formula is C16H14FNO2. The Kier molecular flexibility index (Phi) is 2.23. The molecule has 20 heavy (non-hydrogen) atoms. The third-order valence-electron chi connectivity index (χ3n) is 4.88. The molecule has 0 N–H and O–H groups in total. The summed E-state index contributed by atoms with van der Waals surface area (Å²) >= 11 is 0. The summed E-state index contributed by atoms with van der Waals surface area (Å²) in [6.45, 7) is 1.79. The van der Waals surface area contributed by atoms with E-state index in [0.29, 0.717) is 5.69 Å². The van der Waals surface area contributed by atoms with Gasteiger partial charge in [-0.25, -0.2) is 9.29 Å². The van der Waals surface area contributed by atoms with Crippen molar-refractivity contribution in [3.63, 3.8) is 0 Å². The van der Waals surface area contributed by atoms with Crippen LogP contribution in [0.25, 0.3) is 0 Å². The van der Waals surface area contributed by atoms with E-state index < -0.39 is 5.82 Å². The Balaban J connectivity index is 1.80. The van der Waals surface area contributed by atoms with Crippen LogP contribution in [0.1, 0.15) is 12.0 Å². The fraction of sp³-hybridized carbons (Fsp3) is 0.375. The average molecular weight is 271 g/mol. The fourth-order valence-corrected chi connectivity index (χ4v) is 3.96. The van der Waals surface area contributed by atoms with Gasteiger partial charge in [-0.05, 0) is 42.9 Å². The number of anilines is 1. The zero-order chi connectivity index (χ0) is 14.0. The number of fused-ring (bicyclic) bond motifs is 5. The van der Waals surface area contributed by atoms with Gasteiger partial charge in [0.25, 0.3) is 0 Å². The van der Waals surface area contributed by atoms with Crippen molar-refractivity contribution < 1.29 is 14.0 Å². The van der Waals surface area contributed by atoms with Gasteiger partial charge >= 0.3 is 0 Å². The Morgan fingerprint density at radius 2 is 1.70 bits per heavy atom. The maximum atomic E-state index is 13.4. The number of halogens is 1. The minimum Gasteiger partial charge on any atom is -0.274 e. The first kappa shape index (κ1) is 11.8. The molecule has 3 aliphatic rings. The van der Waals surface area contributed by atoms with Crippen molar-refractivity contribution in [1.29, 1.82) is 0 Å². The highest BCUT2D eigenvalue weighted by Gasteiger charge is 2.59. The molecule has 1 heterocycles. The highest BCUT2D eigenvalue weighted by Crippen LogP contribution is 2.53. The molecule has 1 saturated carbocycles. The lowest BCUT2D eigenvalue weighted by Gasteiger charge is -2.19. The Bertz CT molecular complexity index is 636.